The van der Waals surface area contributed by atoms with Gasteiger partial charge in [-0.15, -0.1) is 0 Å². The van der Waals surface area contributed by atoms with E-state index in [4.69, 9.17) is 9.84 Å². The van der Waals surface area contributed by atoms with Gasteiger partial charge in [-0.25, -0.2) is 17.9 Å². The molecule has 0 spiro atoms. The first-order valence-corrected chi connectivity index (χ1v) is 7.41. The molecule has 8 nitrogen and oxygen atoms in total. The van der Waals surface area contributed by atoms with Crippen molar-refractivity contribution in [3.63, 3.8) is 0 Å². The summed E-state index contributed by atoms with van der Waals surface area (Å²) >= 11 is 0. The third-order valence-electron chi connectivity index (χ3n) is 2.62. The normalized spacial score (nSPS) is 11.0. The Morgan fingerprint density at radius 1 is 1.33 bits per heavy atom. The highest BCUT2D eigenvalue weighted by Crippen LogP contribution is 2.24. The Morgan fingerprint density at radius 2 is 2.00 bits per heavy atom. The van der Waals surface area contributed by atoms with Crippen molar-refractivity contribution in [2.45, 2.75) is 11.3 Å². The van der Waals surface area contributed by atoms with Gasteiger partial charge in [0.25, 0.3) is 0 Å². The summed E-state index contributed by atoms with van der Waals surface area (Å²) in [7, 11) is -1.26. The fourth-order valence-electron chi connectivity index (χ4n) is 1.52. The first kappa shape index (κ1) is 16.9. The zero-order chi connectivity index (χ0) is 16.0. The number of hydrogen-bond acceptors (Lipinski definition) is 5. The second kappa shape index (κ2) is 7.04. The van der Waals surface area contributed by atoms with Crippen LogP contribution in [-0.4, -0.2) is 46.1 Å². The number of carboxylic acid groups (broad SMARTS) is 1. The second-order valence-corrected chi connectivity index (χ2v) is 5.73. The number of sulfonamides is 1. The van der Waals surface area contributed by atoms with Crippen LogP contribution >= 0.6 is 0 Å². The number of carbonyl (C=O) groups is 2. The van der Waals surface area contributed by atoms with Crippen molar-refractivity contribution < 1.29 is 27.9 Å². The van der Waals surface area contributed by atoms with Crippen LogP contribution in [0.4, 0.5) is 0 Å². The average molecular weight is 316 g/mol. The van der Waals surface area contributed by atoms with Gasteiger partial charge in [0.15, 0.2) is 0 Å². The van der Waals surface area contributed by atoms with Crippen LogP contribution in [0.2, 0.25) is 0 Å². The minimum absolute atomic E-state index is 0.0208. The average Bonchev–Trinajstić information content (AvgIpc) is 2.45. The van der Waals surface area contributed by atoms with E-state index in [2.05, 4.69) is 10.0 Å². The Morgan fingerprint density at radius 3 is 2.52 bits per heavy atom. The Kier molecular flexibility index (Phi) is 5.68. The van der Waals surface area contributed by atoms with Gasteiger partial charge in [-0.2, -0.15) is 0 Å². The minimum Gasteiger partial charge on any atom is -0.495 e. The lowest BCUT2D eigenvalue weighted by Crippen LogP contribution is -2.29. The van der Waals surface area contributed by atoms with E-state index in [1.807, 2.05) is 0 Å². The van der Waals surface area contributed by atoms with E-state index in [9.17, 15) is 18.0 Å². The molecule has 0 unspecified atom stereocenters. The van der Waals surface area contributed by atoms with Crippen LogP contribution in [0.3, 0.4) is 0 Å². The van der Waals surface area contributed by atoms with E-state index in [1.54, 1.807) is 0 Å². The fourth-order valence-corrected chi connectivity index (χ4v) is 2.75. The molecule has 0 aliphatic rings. The molecule has 0 saturated carbocycles. The van der Waals surface area contributed by atoms with Crippen LogP contribution in [-0.2, 0) is 14.8 Å². The molecule has 0 aliphatic carbocycles. The highest BCUT2D eigenvalue weighted by molar-refractivity contribution is 7.89. The minimum atomic E-state index is -3.98. The van der Waals surface area contributed by atoms with Gasteiger partial charge in [0.2, 0.25) is 15.9 Å². The van der Waals surface area contributed by atoms with Gasteiger partial charge in [0, 0.05) is 20.0 Å². The molecule has 1 amide bonds. The monoisotopic (exact) mass is 316 g/mol. The molecule has 0 radical (unpaired) electrons. The summed E-state index contributed by atoms with van der Waals surface area (Å²) < 4.78 is 31.4. The van der Waals surface area contributed by atoms with E-state index in [-0.39, 0.29) is 35.1 Å². The van der Waals surface area contributed by atoms with Gasteiger partial charge >= 0.3 is 5.97 Å². The molecule has 21 heavy (non-hydrogen) atoms. The number of methoxy groups -OCH3 is 1. The number of rotatable bonds is 7. The summed E-state index contributed by atoms with van der Waals surface area (Å²) in [6.07, 6.45) is -0.0311. The molecule has 9 heteroatoms. The van der Waals surface area contributed by atoms with Crippen molar-refractivity contribution in [1.82, 2.24) is 10.0 Å². The molecular weight excluding hydrogens is 300 g/mol. The number of carbonyl (C=O) groups excluding carboxylic acids is 1. The number of amides is 1. The van der Waals surface area contributed by atoms with E-state index in [1.165, 1.54) is 26.3 Å². The van der Waals surface area contributed by atoms with Crippen molar-refractivity contribution in [1.29, 1.82) is 0 Å². The number of aromatic carboxylic acids is 1. The predicted molar refractivity (Wildman–Crippen MR) is 73.8 cm³/mol. The number of carboxylic acids is 1. The first-order valence-electron chi connectivity index (χ1n) is 5.93. The van der Waals surface area contributed by atoms with Crippen molar-refractivity contribution in [2.75, 3.05) is 20.7 Å². The molecule has 0 aliphatic heterocycles. The largest absolute Gasteiger partial charge is 0.495 e. The Bertz CT molecular complexity index is 641. The molecule has 0 bridgehead atoms. The molecule has 0 aromatic heterocycles. The highest BCUT2D eigenvalue weighted by atomic mass is 32.2. The predicted octanol–water partition coefficient (Wildman–Crippen LogP) is -0.192. The Hall–Kier alpha value is -2.13. The number of nitrogens with one attached hydrogen (secondary N) is 2. The first-order chi connectivity index (χ1) is 9.81. The van der Waals surface area contributed by atoms with Crippen LogP contribution in [0.1, 0.15) is 16.8 Å². The molecule has 1 aromatic rings. The molecular formula is C12H16N2O6S. The third kappa shape index (κ3) is 4.43. The van der Waals surface area contributed by atoms with E-state index >= 15 is 0 Å². The maximum absolute atomic E-state index is 12.1. The topological polar surface area (TPSA) is 122 Å². The molecule has 116 valence electrons. The summed E-state index contributed by atoms with van der Waals surface area (Å²) in [6.45, 7) is -0.109. The molecule has 1 aromatic carbocycles. The van der Waals surface area contributed by atoms with Gasteiger partial charge < -0.3 is 15.2 Å². The van der Waals surface area contributed by atoms with Crippen molar-refractivity contribution in [3.05, 3.63) is 23.8 Å². The SMILES string of the molecule is CNC(=O)CCNS(=O)(=O)c1cc(C(=O)O)ccc1OC. The van der Waals surface area contributed by atoms with Gasteiger partial charge in [0.1, 0.15) is 10.6 Å². The molecule has 0 atom stereocenters. The van der Waals surface area contributed by atoms with Gasteiger partial charge in [-0.3, -0.25) is 4.79 Å². The van der Waals surface area contributed by atoms with Crippen LogP contribution in [0, 0.1) is 0 Å². The van der Waals surface area contributed by atoms with Gasteiger partial charge in [0.05, 0.1) is 12.7 Å². The van der Waals surface area contributed by atoms with Crippen LogP contribution < -0.4 is 14.8 Å². The van der Waals surface area contributed by atoms with Gasteiger partial charge in [-0.1, -0.05) is 0 Å². The summed E-state index contributed by atoms with van der Waals surface area (Å²) in [5, 5.41) is 11.3. The van der Waals surface area contributed by atoms with Crippen LogP contribution in [0.25, 0.3) is 0 Å². The van der Waals surface area contributed by atoms with Crippen molar-refractivity contribution in [2.24, 2.45) is 0 Å². The lowest BCUT2D eigenvalue weighted by molar-refractivity contribution is -0.120. The number of hydrogen-bond donors (Lipinski definition) is 3. The maximum atomic E-state index is 12.1. The summed E-state index contributed by atoms with van der Waals surface area (Å²) in [5.41, 5.74) is -0.178. The molecule has 0 saturated heterocycles. The van der Waals surface area contributed by atoms with Crippen LogP contribution in [0.15, 0.2) is 23.1 Å². The Balaban J connectivity index is 3.03. The number of benzene rings is 1. The number of ether oxygens (including phenoxy) is 1. The zero-order valence-corrected chi connectivity index (χ0v) is 12.4. The standard InChI is InChI=1S/C12H16N2O6S/c1-13-11(15)5-6-14-21(18,19)10-7-8(12(16)17)3-4-9(10)20-2/h3-4,7,14H,5-6H2,1-2H3,(H,13,15)(H,16,17). The summed E-state index contributed by atoms with van der Waals surface area (Å²) in [6, 6.07) is 3.50. The molecule has 3 N–H and O–H groups in total. The lowest BCUT2D eigenvalue weighted by Gasteiger charge is -2.11. The van der Waals surface area contributed by atoms with Crippen molar-refractivity contribution >= 4 is 21.9 Å². The highest BCUT2D eigenvalue weighted by Gasteiger charge is 2.21. The Labute approximate surface area is 122 Å². The second-order valence-electron chi connectivity index (χ2n) is 3.99. The molecule has 0 fully saturated rings. The molecule has 1 rings (SSSR count). The summed E-state index contributed by atoms with van der Waals surface area (Å²) in [5.74, 6) is -1.55. The maximum Gasteiger partial charge on any atom is 0.335 e. The van der Waals surface area contributed by atoms with E-state index < -0.39 is 16.0 Å². The van der Waals surface area contributed by atoms with E-state index in [0.29, 0.717) is 0 Å². The van der Waals surface area contributed by atoms with Crippen molar-refractivity contribution in [3.8, 4) is 5.75 Å². The quantitative estimate of drug-likeness (QED) is 0.641. The lowest BCUT2D eigenvalue weighted by atomic mass is 10.2. The fraction of sp³-hybridized carbons (Fsp3) is 0.333. The van der Waals surface area contributed by atoms with Crippen LogP contribution in [0.5, 0.6) is 5.75 Å². The smallest absolute Gasteiger partial charge is 0.335 e. The third-order valence-corrected chi connectivity index (χ3v) is 4.11. The molecule has 0 heterocycles. The van der Waals surface area contributed by atoms with Gasteiger partial charge in [-0.05, 0) is 18.2 Å². The van der Waals surface area contributed by atoms with E-state index in [0.717, 1.165) is 6.07 Å². The zero-order valence-electron chi connectivity index (χ0n) is 11.5. The summed E-state index contributed by atoms with van der Waals surface area (Å²) in [4.78, 5) is 21.7.